The van der Waals surface area contributed by atoms with Crippen LogP contribution in [0.2, 0.25) is 0 Å². The van der Waals surface area contributed by atoms with Crippen molar-refractivity contribution in [3.8, 4) is 0 Å². The van der Waals surface area contributed by atoms with Gasteiger partial charge in [0, 0.05) is 18.6 Å². The van der Waals surface area contributed by atoms with Gasteiger partial charge in [-0.15, -0.1) is 0 Å². The van der Waals surface area contributed by atoms with Crippen molar-refractivity contribution in [2.75, 3.05) is 20.1 Å². The topological polar surface area (TPSA) is 87.5 Å². The Morgan fingerprint density at radius 3 is 2.44 bits per heavy atom. The van der Waals surface area contributed by atoms with Gasteiger partial charge in [-0.25, -0.2) is 0 Å². The molecule has 1 fully saturated rings. The Labute approximate surface area is 112 Å². The van der Waals surface area contributed by atoms with Gasteiger partial charge in [-0.3, -0.25) is 14.5 Å². The van der Waals surface area contributed by atoms with Crippen LogP contribution in [0.1, 0.15) is 19.8 Å². The molecule has 102 valence electrons. The number of hydrogen-bond acceptors (Lipinski definition) is 4. The Hall–Kier alpha value is -1.21. The number of nitrogens with zero attached hydrogens (tertiary/aromatic N) is 1. The average molecular weight is 272 g/mol. The standard InChI is InChI=1S/C11H20N4O2S/c1-7(15(2)8-3-4-8)5-13-10(16)11(17)14-6-9(12)18/h7-8H,3-6H2,1-2H3,(H2,12,18)(H,13,16)(H,14,17). The fourth-order valence-electron chi connectivity index (χ4n) is 1.55. The molecule has 4 N–H and O–H groups in total. The van der Waals surface area contributed by atoms with Crippen LogP contribution in [0.3, 0.4) is 0 Å². The van der Waals surface area contributed by atoms with Gasteiger partial charge in [0.1, 0.15) is 0 Å². The summed E-state index contributed by atoms with van der Waals surface area (Å²) in [5, 5.41) is 4.93. The normalized spacial score (nSPS) is 16.2. The van der Waals surface area contributed by atoms with Gasteiger partial charge < -0.3 is 16.4 Å². The third-order valence-corrected chi connectivity index (χ3v) is 3.15. The summed E-state index contributed by atoms with van der Waals surface area (Å²) < 4.78 is 0. The quantitative estimate of drug-likeness (QED) is 0.426. The van der Waals surface area contributed by atoms with Crippen LogP contribution >= 0.6 is 12.2 Å². The number of nitrogens with one attached hydrogen (secondary N) is 2. The van der Waals surface area contributed by atoms with Gasteiger partial charge in [-0.2, -0.15) is 0 Å². The molecule has 1 aliphatic carbocycles. The average Bonchev–Trinajstić information content (AvgIpc) is 3.15. The minimum atomic E-state index is -0.705. The van der Waals surface area contributed by atoms with Crippen molar-refractivity contribution in [1.82, 2.24) is 15.5 Å². The number of thiocarbonyl (C=S) groups is 1. The number of rotatable bonds is 6. The molecule has 1 saturated carbocycles. The van der Waals surface area contributed by atoms with Crippen molar-refractivity contribution in [2.24, 2.45) is 5.73 Å². The minimum Gasteiger partial charge on any atom is -0.392 e. The largest absolute Gasteiger partial charge is 0.392 e. The van der Waals surface area contributed by atoms with Crippen LogP contribution in [0.15, 0.2) is 0 Å². The van der Waals surface area contributed by atoms with Crippen molar-refractivity contribution < 1.29 is 9.59 Å². The number of hydrogen-bond donors (Lipinski definition) is 3. The highest BCUT2D eigenvalue weighted by atomic mass is 32.1. The zero-order valence-corrected chi connectivity index (χ0v) is 11.5. The molecule has 1 atom stereocenters. The van der Waals surface area contributed by atoms with Crippen molar-refractivity contribution >= 4 is 29.0 Å². The van der Waals surface area contributed by atoms with Gasteiger partial charge >= 0.3 is 11.8 Å². The summed E-state index contributed by atoms with van der Waals surface area (Å²) in [5.74, 6) is -1.36. The van der Waals surface area contributed by atoms with Crippen molar-refractivity contribution in [3.63, 3.8) is 0 Å². The monoisotopic (exact) mass is 272 g/mol. The number of carbonyl (C=O) groups excluding carboxylic acids is 2. The third-order valence-electron chi connectivity index (χ3n) is 3.01. The van der Waals surface area contributed by atoms with Gasteiger partial charge in [0.25, 0.3) is 0 Å². The maximum Gasteiger partial charge on any atom is 0.309 e. The summed E-state index contributed by atoms with van der Waals surface area (Å²) in [6, 6.07) is 0.838. The van der Waals surface area contributed by atoms with E-state index in [1.54, 1.807) is 0 Å². The first-order chi connectivity index (χ1) is 8.41. The Kier molecular flexibility index (Phi) is 5.49. The van der Waals surface area contributed by atoms with Crippen LogP contribution in [-0.4, -0.2) is 53.9 Å². The van der Waals surface area contributed by atoms with E-state index in [2.05, 4.69) is 27.8 Å². The number of carbonyl (C=O) groups is 2. The van der Waals surface area contributed by atoms with Gasteiger partial charge in [-0.1, -0.05) is 12.2 Å². The Morgan fingerprint density at radius 2 is 1.94 bits per heavy atom. The number of nitrogens with two attached hydrogens (primary N) is 1. The van der Waals surface area contributed by atoms with Crippen LogP contribution in [-0.2, 0) is 9.59 Å². The lowest BCUT2D eigenvalue weighted by Crippen LogP contribution is -2.47. The summed E-state index contributed by atoms with van der Waals surface area (Å²) in [5.41, 5.74) is 5.22. The van der Waals surface area contributed by atoms with Gasteiger partial charge in [0.15, 0.2) is 0 Å². The van der Waals surface area contributed by atoms with E-state index in [9.17, 15) is 9.59 Å². The minimum absolute atomic E-state index is 0.0408. The molecule has 0 spiro atoms. The molecule has 0 aromatic heterocycles. The molecule has 0 radical (unpaired) electrons. The zero-order valence-electron chi connectivity index (χ0n) is 10.7. The second-order valence-electron chi connectivity index (χ2n) is 4.60. The smallest absolute Gasteiger partial charge is 0.309 e. The summed E-state index contributed by atoms with van der Waals surface area (Å²) in [6.45, 7) is 2.51. The van der Waals surface area contributed by atoms with Crippen molar-refractivity contribution in [3.05, 3.63) is 0 Å². The van der Waals surface area contributed by atoms with Crippen LogP contribution in [0, 0.1) is 0 Å². The maximum atomic E-state index is 11.4. The molecule has 0 bridgehead atoms. The predicted molar refractivity (Wildman–Crippen MR) is 73.1 cm³/mol. The molecule has 1 rings (SSSR count). The molecular weight excluding hydrogens is 252 g/mol. The molecule has 18 heavy (non-hydrogen) atoms. The third kappa shape index (κ3) is 4.97. The highest BCUT2D eigenvalue weighted by Gasteiger charge is 2.29. The lowest BCUT2D eigenvalue weighted by Gasteiger charge is -2.24. The van der Waals surface area contributed by atoms with E-state index in [4.69, 9.17) is 5.73 Å². The molecule has 1 aliphatic rings. The molecule has 7 heteroatoms. The summed E-state index contributed by atoms with van der Waals surface area (Å²) in [7, 11) is 2.03. The summed E-state index contributed by atoms with van der Waals surface area (Å²) >= 11 is 4.60. The molecule has 6 nitrogen and oxygen atoms in total. The highest BCUT2D eigenvalue weighted by molar-refractivity contribution is 7.80. The molecule has 1 unspecified atom stereocenters. The van der Waals surface area contributed by atoms with Crippen molar-refractivity contribution in [1.29, 1.82) is 0 Å². The lowest BCUT2D eigenvalue weighted by molar-refractivity contribution is -0.139. The lowest BCUT2D eigenvalue weighted by atomic mass is 10.3. The van der Waals surface area contributed by atoms with Crippen LogP contribution < -0.4 is 16.4 Å². The van der Waals surface area contributed by atoms with E-state index in [0.29, 0.717) is 12.6 Å². The second kappa shape index (κ2) is 6.65. The molecule has 0 aromatic carbocycles. The molecule has 0 aromatic rings. The summed E-state index contributed by atoms with van der Waals surface area (Å²) in [6.07, 6.45) is 2.42. The van der Waals surface area contributed by atoms with Gasteiger partial charge in [-0.05, 0) is 26.8 Å². The molecule has 0 aliphatic heterocycles. The van der Waals surface area contributed by atoms with Crippen LogP contribution in [0.5, 0.6) is 0 Å². The Bertz CT molecular complexity index is 344. The molecule has 2 amide bonds. The summed E-state index contributed by atoms with van der Waals surface area (Å²) in [4.78, 5) is 25.1. The number of likely N-dealkylation sites (N-methyl/N-ethyl adjacent to an activating group) is 1. The van der Waals surface area contributed by atoms with E-state index in [1.807, 2.05) is 14.0 Å². The fraction of sp³-hybridized carbons (Fsp3) is 0.727. The Morgan fingerprint density at radius 1 is 1.39 bits per heavy atom. The molecular formula is C11H20N4O2S. The number of amides is 2. The first-order valence-corrected chi connectivity index (χ1v) is 6.39. The molecule has 0 heterocycles. The van der Waals surface area contributed by atoms with E-state index in [0.717, 1.165) is 0 Å². The van der Waals surface area contributed by atoms with E-state index in [-0.39, 0.29) is 17.6 Å². The van der Waals surface area contributed by atoms with Gasteiger partial charge in [0.2, 0.25) is 0 Å². The predicted octanol–water partition coefficient (Wildman–Crippen LogP) is -1.01. The van der Waals surface area contributed by atoms with E-state index < -0.39 is 11.8 Å². The second-order valence-corrected chi connectivity index (χ2v) is 5.13. The van der Waals surface area contributed by atoms with E-state index in [1.165, 1.54) is 12.8 Å². The SMILES string of the molecule is CC(CNC(=O)C(=O)NCC(N)=S)N(C)C1CC1. The zero-order chi connectivity index (χ0) is 13.7. The van der Waals surface area contributed by atoms with Crippen LogP contribution in [0.4, 0.5) is 0 Å². The van der Waals surface area contributed by atoms with E-state index >= 15 is 0 Å². The van der Waals surface area contributed by atoms with Crippen LogP contribution in [0.25, 0.3) is 0 Å². The van der Waals surface area contributed by atoms with Crippen molar-refractivity contribution in [2.45, 2.75) is 31.8 Å². The highest BCUT2D eigenvalue weighted by Crippen LogP contribution is 2.26. The fourth-order valence-corrected chi connectivity index (χ4v) is 1.63. The van der Waals surface area contributed by atoms with Gasteiger partial charge in [0.05, 0.1) is 11.5 Å². The maximum absolute atomic E-state index is 11.4. The first-order valence-electron chi connectivity index (χ1n) is 5.98. The molecule has 0 saturated heterocycles. The first kappa shape index (κ1) is 14.8. The Balaban J connectivity index is 2.22.